The fourth-order valence-corrected chi connectivity index (χ4v) is 2.17. The molecule has 0 saturated heterocycles. The molecule has 20 heavy (non-hydrogen) atoms. The summed E-state index contributed by atoms with van der Waals surface area (Å²) in [6.07, 6.45) is 0. The van der Waals surface area contributed by atoms with Crippen LogP contribution in [-0.2, 0) is 0 Å². The lowest BCUT2D eigenvalue weighted by molar-refractivity contribution is 0.461. The number of anilines is 1. The normalized spacial score (nSPS) is 10.7. The molecular formula is C16H13ClN2O. The third-order valence-electron chi connectivity index (χ3n) is 3.03. The molecule has 0 amide bonds. The Kier molecular flexibility index (Phi) is 3.20. The average molecular weight is 285 g/mol. The van der Waals surface area contributed by atoms with Crippen molar-refractivity contribution in [2.75, 3.05) is 5.73 Å². The number of nitrogen functional groups attached to an aromatic ring is 1. The van der Waals surface area contributed by atoms with Crippen molar-refractivity contribution >= 4 is 28.2 Å². The number of para-hydroxylation sites is 1. The largest absolute Gasteiger partial charge is 0.437 e. The lowest BCUT2D eigenvalue weighted by atomic mass is 10.2. The first-order chi connectivity index (χ1) is 9.63. The van der Waals surface area contributed by atoms with Gasteiger partial charge in [0, 0.05) is 22.7 Å². The summed E-state index contributed by atoms with van der Waals surface area (Å²) in [5.74, 6) is 1.05. The summed E-state index contributed by atoms with van der Waals surface area (Å²) >= 11 is 6.11. The van der Waals surface area contributed by atoms with Crippen molar-refractivity contribution in [1.29, 1.82) is 0 Å². The van der Waals surface area contributed by atoms with E-state index >= 15 is 0 Å². The zero-order valence-electron chi connectivity index (χ0n) is 10.9. The molecule has 3 nitrogen and oxygen atoms in total. The van der Waals surface area contributed by atoms with Crippen LogP contribution in [0.2, 0.25) is 5.02 Å². The van der Waals surface area contributed by atoms with Gasteiger partial charge >= 0.3 is 0 Å². The SMILES string of the molecule is Cc1cc2ccccc2nc1Oc1cc(N)ccc1Cl. The molecule has 0 aliphatic heterocycles. The van der Waals surface area contributed by atoms with E-state index in [4.69, 9.17) is 22.1 Å². The van der Waals surface area contributed by atoms with Gasteiger partial charge in [0.05, 0.1) is 10.5 Å². The number of rotatable bonds is 2. The van der Waals surface area contributed by atoms with Crippen LogP contribution in [0.15, 0.2) is 48.5 Å². The molecule has 0 aliphatic carbocycles. The van der Waals surface area contributed by atoms with E-state index in [0.717, 1.165) is 16.5 Å². The highest BCUT2D eigenvalue weighted by Crippen LogP contribution is 2.32. The number of aromatic nitrogens is 1. The van der Waals surface area contributed by atoms with Gasteiger partial charge in [-0.25, -0.2) is 4.98 Å². The Balaban J connectivity index is 2.06. The van der Waals surface area contributed by atoms with Crippen LogP contribution in [0, 0.1) is 6.92 Å². The van der Waals surface area contributed by atoms with Gasteiger partial charge in [0.2, 0.25) is 5.88 Å². The second-order valence-electron chi connectivity index (χ2n) is 4.60. The maximum atomic E-state index is 6.11. The lowest BCUT2D eigenvalue weighted by Crippen LogP contribution is -1.94. The second kappa shape index (κ2) is 5.02. The van der Waals surface area contributed by atoms with Crippen molar-refractivity contribution in [2.24, 2.45) is 0 Å². The summed E-state index contributed by atoms with van der Waals surface area (Å²) in [5, 5.41) is 1.59. The molecule has 0 saturated carbocycles. The standard InChI is InChI=1S/C16H13ClN2O/c1-10-8-11-4-2-3-5-14(11)19-16(10)20-15-9-12(18)6-7-13(15)17/h2-9H,18H2,1H3. The molecule has 4 heteroatoms. The molecule has 3 aromatic rings. The van der Waals surface area contributed by atoms with Crippen LogP contribution in [0.1, 0.15) is 5.56 Å². The minimum absolute atomic E-state index is 0.508. The van der Waals surface area contributed by atoms with Gasteiger partial charge in [-0.3, -0.25) is 0 Å². The van der Waals surface area contributed by atoms with E-state index in [1.165, 1.54) is 0 Å². The maximum absolute atomic E-state index is 6.11. The first-order valence-electron chi connectivity index (χ1n) is 6.23. The van der Waals surface area contributed by atoms with Crippen LogP contribution in [0.5, 0.6) is 11.6 Å². The summed E-state index contributed by atoms with van der Waals surface area (Å²) in [6.45, 7) is 1.95. The van der Waals surface area contributed by atoms with Gasteiger partial charge in [-0.2, -0.15) is 0 Å². The Morgan fingerprint density at radius 3 is 2.75 bits per heavy atom. The van der Waals surface area contributed by atoms with Gasteiger partial charge < -0.3 is 10.5 Å². The van der Waals surface area contributed by atoms with Crippen LogP contribution in [-0.4, -0.2) is 4.98 Å². The van der Waals surface area contributed by atoms with E-state index in [0.29, 0.717) is 22.3 Å². The smallest absolute Gasteiger partial charge is 0.222 e. The fraction of sp³-hybridized carbons (Fsp3) is 0.0625. The molecule has 100 valence electrons. The molecule has 0 bridgehead atoms. The first-order valence-corrected chi connectivity index (χ1v) is 6.60. The van der Waals surface area contributed by atoms with Gasteiger partial charge in [0.1, 0.15) is 5.75 Å². The molecule has 0 spiro atoms. The van der Waals surface area contributed by atoms with Crippen molar-refractivity contribution in [3.05, 3.63) is 59.1 Å². The summed E-state index contributed by atoms with van der Waals surface area (Å²) in [7, 11) is 0. The number of nitrogens with two attached hydrogens (primary N) is 1. The molecule has 0 unspecified atom stereocenters. The highest BCUT2D eigenvalue weighted by molar-refractivity contribution is 6.32. The van der Waals surface area contributed by atoms with Crippen molar-refractivity contribution in [1.82, 2.24) is 4.98 Å². The topological polar surface area (TPSA) is 48.1 Å². The second-order valence-corrected chi connectivity index (χ2v) is 5.00. The zero-order valence-corrected chi connectivity index (χ0v) is 11.7. The third-order valence-corrected chi connectivity index (χ3v) is 3.34. The van der Waals surface area contributed by atoms with Gasteiger partial charge in [-0.05, 0) is 31.2 Å². The summed E-state index contributed by atoms with van der Waals surface area (Å²) in [6, 6.07) is 15.1. The Morgan fingerprint density at radius 1 is 1.10 bits per heavy atom. The van der Waals surface area contributed by atoms with Gasteiger partial charge in [-0.1, -0.05) is 29.8 Å². The van der Waals surface area contributed by atoms with Crippen LogP contribution in [0.25, 0.3) is 10.9 Å². The number of ether oxygens (including phenoxy) is 1. The molecule has 2 N–H and O–H groups in total. The molecule has 0 atom stereocenters. The fourth-order valence-electron chi connectivity index (χ4n) is 2.01. The Morgan fingerprint density at radius 2 is 1.90 bits per heavy atom. The first kappa shape index (κ1) is 12.8. The number of fused-ring (bicyclic) bond motifs is 1. The monoisotopic (exact) mass is 284 g/mol. The molecular weight excluding hydrogens is 272 g/mol. The predicted octanol–water partition coefficient (Wildman–Crippen LogP) is 4.57. The summed E-state index contributed by atoms with van der Waals surface area (Å²) in [4.78, 5) is 4.52. The minimum Gasteiger partial charge on any atom is -0.437 e. The quantitative estimate of drug-likeness (QED) is 0.701. The summed E-state index contributed by atoms with van der Waals surface area (Å²) < 4.78 is 5.81. The average Bonchev–Trinajstić information content (AvgIpc) is 2.43. The van der Waals surface area contributed by atoms with E-state index in [-0.39, 0.29) is 0 Å². The Bertz CT molecular complexity index is 787. The number of halogens is 1. The summed E-state index contributed by atoms with van der Waals surface area (Å²) in [5.41, 5.74) is 8.18. The van der Waals surface area contributed by atoms with E-state index < -0.39 is 0 Å². The van der Waals surface area contributed by atoms with E-state index in [1.807, 2.05) is 37.3 Å². The van der Waals surface area contributed by atoms with Crippen LogP contribution < -0.4 is 10.5 Å². The van der Waals surface area contributed by atoms with Gasteiger partial charge in [-0.15, -0.1) is 0 Å². The molecule has 3 rings (SSSR count). The zero-order chi connectivity index (χ0) is 14.1. The van der Waals surface area contributed by atoms with Crippen LogP contribution >= 0.6 is 11.6 Å². The van der Waals surface area contributed by atoms with E-state index in [2.05, 4.69) is 4.98 Å². The number of pyridine rings is 1. The molecule has 1 heterocycles. The van der Waals surface area contributed by atoms with Crippen molar-refractivity contribution in [2.45, 2.75) is 6.92 Å². The number of nitrogens with zero attached hydrogens (tertiary/aromatic N) is 1. The molecule has 0 radical (unpaired) electrons. The number of hydrogen-bond acceptors (Lipinski definition) is 3. The number of aryl methyl sites for hydroxylation is 1. The molecule has 0 fully saturated rings. The number of benzene rings is 2. The Labute approximate surface area is 122 Å². The maximum Gasteiger partial charge on any atom is 0.222 e. The Hall–Kier alpha value is -2.26. The highest BCUT2D eigenvalue weighted by Gasteiger charge is 2.09. The van der Waals surface area contributed by atoms with E-state index in [9.17, 15) is 0 Å². The predicted molar refractivity (Wildman–Crippen MR) is 82.4 cm³/mol. The molecule has 0 aliphatic rings. The van der Waals surface area contributed by atoms with E-state index in [1.54, 1.807) is 18.2 Å². The van der Waals surface area contributed by atoms with Gasteiger partial charge in [0.25, 0.3) is 0 Å². The minimum atomic E-state index is 0.508. The van der Waals surface area contributed by atoms with Crippen molar-refractivity contribution in [3.63, 3.8) is 0 Å². The molecule has 2 aromatic carbocycles. The molecule has 1 aromatic heterocycles. The van der Waals surface area contributed by atoms with Gasteiger partial charge in [0.15, 0.2) is 0 Å². The number of hydrogen-bond donors (Lipinski definition) is 1. The third kappa shape index (κ3) is 2.40. The van der Waals surface area contributed by atoms with Crippen molar-refractivity contribution < 1.29 is 4.74 Å². The van der Waals surface area contributed by atoms with Crippen molar-refractivity contribution in [3.8, 4) is 11.6 Å². The lowest BCUT2D eigenvalue weighted by Gasteiger charge is -2.10. The highest BCUT2D eigenvalue weighted by atomic mass is 35.5. The van der Waals surface area contributed by atoms with Crippen LogP contribution in [0.4, 0.5) is 5.69 Å². The van der Waals surface area contributed by atoms with Crippen LogP contribution in [0.3, 0.4) is 0 Å².